The number of amides is 1. The number of hydrogen-bond donors (Lipinski definition) is 2. The molecule has 0 bridgehead atoms. The normalized spacial score (nSPS) is 16.6. The SMILES string of the molecule is CC.CC(=NCC1CC(=O)N(C(C)C)C1)c1ccc(-c2c(C)cc(C(F)(F)F)cc2O)nc1N. The molecular formula is C25H33F3N4O2. The molecule has 1 aliphatic rings. The van der Waals surface area contributed by atoms with E-state index >= 15 is 0 Å². The van der Waals surface area contributed by atoms with Gasteiger partial charge in [0.2, 0.25) is 5.91 Å². The van der Waals surface area contributed by atoms with Gasteiger partial charge in [-0.05, 0) is 57.5 Å². The highest BCUT2D eigenvalue weighted by molar-refractivity contribution is 6.02. The summed E-state index contributed by atoms with van der Waals surface area (Å²) < 4.78 is 38.9. The maximum Gasteiger partial charge on any atom is 0.416 e. The number of phenolic OH excluding ortho intramolecular Hbond substituents is 1. The van der Waals surface area contributed by atoms with Gasteiger partial charge in [0.25, 0.3) is 0 Å². The summed E-state index contributed by atoms with van der Waals surface area (Å²) in [5.74, 6) is -0.0770. The molecule has 1 saturated heterocycles. The number of aliphatic imine (C=N–C) groups is 1. The molecule has 2 heterocycles. The molecular weight excluding hydrogens is 445 g/mol. The number of nitrogens with zero attached hydrogens (tertiary/aromatic N) is 3. The Hall–Kier alpha value is -3.10. The monoisotopic (exact) mass is 478 g/mol. The molecule has 186 valence electrons. The van der Waals surface area contributed by atoms with E-state index in [0.717, 1.165) is 6.07 Å². The van der Waals surface area contributed by atoms with Crippen LogP contribution in [0.5, 0.6) is 5.75 Å². The van der Waals surface area contributed by atoms with Crippen molar-refractivity contribution in [3.63, 3.8) is 0 Å². The van der Waals surface area contributed by atoms with E-state index < -0.39 is 17.5 Å². The number of aromatic hydroxyl groups is 1. The van der Waals surface area contributed by atoms with Gasteiger partial charge in [0, 0.05) is 48.3 Å². The van der Waals surface area contributed by atoms with Gasteiger partial charge in [0.15, 0.2) is 0 Å². The summed E-state index contributed by atoms with van der Waals surface area (Å²) in [6.07, 6.45) is -4.09. The molecule has 1 unspecified atom stereocenters. The molecule has 0 saturated carbocycles. The summed E-state index contributed by atoms with van der Waals surface area (Å²) in [4.78, 5) is 22.8. The molecule has 0 radical (unpaired) electrons. The number of aromatic nitrogens is 1. The van der Waals surface area contributed by atoms with Crippen molar-refractivity contribution in [1.29, 1.82) is 0 Å². The molecule has 0 aliphatic carbocycles. The number of hydrogen-bond acceptors (Lipinski definition) is 5. The van der Waals surface area contributed by atoms with Crippen molar-refractivity contribution >= 4 is 17.4 Å². The molecule has 34 heavy (non-hydrogen) atoms. The van der Waals surface area contributed by atoms with Crippen LogP contribution in [-0.4, -0.2) is 45.7 Å². The first-order valence-corrected chi connectivity index (χ1v) is 11.4. The van der Waals surface area contributed by atoms with Crippen LogP contribution >= 0.6 is 0 Å². The van der Waals surface area contributed by atoms with Crippen LogP contribution in [0.15, 0.2) is 29.3 Å². The van der Waals surface area contributed by atoms with Crippen molar-refractivity contribution in [3.8, 4) is 17.0 Å². The highest BCUT2D eigenvalue weighted by atomic mass is 19.4. The van der Waals surface area contributed by atoms with Crippen LogP contribution in [-0.2, 0) is 11.0 Å². The van der Waals surface area contributed by atoms with Crippen LogP contribution < -0.4 is 5.73 Å². The number of anilines is 1. The maximum absolute atomic E-state index is 13.0. The lowest BCUT2D eigenvalue weighted by atomic mass is 9.99. The fraction of sp³-hybridized carbons (Fsp3) is 0.480. The number of carbonyl (C=O) groups is 1. The standard InChI is InChI=1S/C23H27F3N4O2.C2H6/c1-12(2)30-11-15(8-20(30)32)10-28-14(4)17-5-6-18(29-22(17)27)21-13(3)7-16(9-19(21)31)23(24,25)26;1-2/h5-7,9,12,15,31H,8,10-11H2,1-4H3,(H2,27,29);1-2H3. The molecule has 1 aromatic heterocycles. The number of carbonyl (C=O) groups excluding carboxylic acids is 1. The molecule has 9 heteroatoms. The molecule has 2 aromatic rings. The van der Waals surface area contributed by atoms with Crippen LogP contribution in [0.3, 0.4) is 0 Å². The average molecular weight is 479 g/mol. The van der Waals surface area contributed by atoms with Crippen molar-refractivity contribution in [2.24, 2.45) is 10.9 Å². The largest absolute Gasteiger partial charge is 0.507 e. The third-order valence-corrected chi connectivity index (χ3v) is 5.66. The molecule has 3 rings (SSSR count). The minimum atomic E-state index is -4.55. The average Bonchev–Trinajstić information content (AvgIpc) is 3.13. The summed E-state index contributed by atoms with van der Waals surface area (Å²) in [6, 6.07) is 5.10. The van der Waals surface area contributed by atoms with Crippen LogP contribution in [0.25, 0.3) is 11.3 Å². The number of aryl methyl sites for hydroxylation is 1. The zero-order valence-electron chi connectivity index (χ0n) is 20.5. The van der Waals surface area contributed by atoms with Crippen molar-refractivity contribution in [2.45, 2.75) is 60.2 Å². The van der Waals surface area contributed by atoms with Crippen LogP contribution in [0.4, 0.5) is 19.0 Å². The second kappa shape index (κ2) is 10.9. The Morgan fingerprint density at radius 1 is 1.29 bits per heavy atom. The Morgan fingerprint density at radius 3 is 2.44 bits per heavy atom. The second-order valence-electron chi connectivity index (χ2n) is 8.45. The van der Waals surface area contributed by atoms with Gasteiger partial charge in [-0.1, -0.05) is 13.8 Å². The van der Waals surface area contributed by atoms with E-state index in [-0.39, 0.29) is 40.5 Å². The highest BCUT2D eigenvalue weighted by Gasteiger charge is 2.32. The summed E-state index contributed by atoms with van der Waals surface area (Å²) in [5.41, 5.74) is 7.15. The molecule has 6 nitrogen and oxygen atoms in total. The Kier molecular flexibility index (Phi) is 8.69. The topological polar surface area (TPSA) is 91.8 Å². The van der Waals surface area contributed by atoms with Crippen LogP contribution in [0.1, 0.15) is 57.7 Å². The molecule has 3 N–H and O–H groups in total. The fourth-order valence-electron chi connectivity index (χ4n) is 3.97. The molecule has 1 atom stereocenters. The van der Waals surface area contributed by atoms with E-state index in [0.29, 0.717) is 36.9 Å². The molecule has 1 aromatic carbocycles. The first-order chi connectivity index (χ1) is 15.9. The third kappa shape index (κ3) is 6.07. The minimum Gasteiger partial charge on any atom is -0.507 e. The number of benzene rings is 1. The van der Waals surface area contributed by atoms with Crippen molar-refractivity contribution in [1.82, 2.24) is 9.88 Å². The number of halogens is 3. The smallest absolute Gasteiger partial charge is 0.416 e. The zero-order valence-corrected chi connectivity index (χ0v) is 20.5. The molecule has 1 amide bonds. The van der Waals surface area contributed by atoms with Gasteiger partial charge in [-0.2, -0.15) is 13.2 Å². The number of nitrogens with two attached hydrogens (primary N) is 1. The van der Waals surface area contributed by atoms with Crippen molar-refractivity contribution < 1.29 is 23.1 Å². The quantitative estimate of drug-likeness (QED) is 0.559. The predicted octanol–water partition coefficient (Wildman–Crippen LogP) is 5.46. The molecule has 0 spiro atoms. The summed E-state index contributed by atoms with van der Waals surface area (Å²) >= 11 is 0. The lowest BCUT2D eigenvalue weighted by molar-refractivity contribution is -0.137. The Labute approximate surface area is 198 Å². The van der Waals surface area contributed by atoms with Crippen LogP contribution in [0.2, 0.25) is 0 Å². The lowest BCUT2D eigenvalue weighted by Gasteiger charge is -2.20. The number of phenols is 1. The Bertz CT molecular complexity index is 1040. The predicted molar refractivity (Wildman–Crippen MR) is 129 cm³/mol. The van der Waals surface area contributed by atoms with Gasteiger partial charge < -0.3 is 15.7 Å². The van der Waals surface area contributed by atoms with E-state index in [2.05, 4.69) is 9.98 Å². The number of pyridine rings is 1. The van der Waals surface area contributed by atoms with E-state index in [4.69, 9.17) is 5.73 Å². The Morgan fingerprint density at radius 2 is 1.94 bits per heavy atom. The van der Waals surface area contributed by atoms with Gasteiger partial charge in [-0.25, -0.2) is 4.98 Å². The number of nitrogen functional groups attached to an aromatic ring is 1. The zero-order chi connectivity index (χ0) is 25.8. The first-order valence-electron chi connectivity index (χ1n) is 11.4. The fourth-order valence-corrected chi connectivity index (χ4v) is 3.97. The lowest BCUT2D eigenvalue weighted by Crippen LogP contribution is -2.32. The number of likely N-dealkylation sites (tertiary alicyclic amines) is 1. The van der Waals surface area contributed by atoms with Crippen molar-refractivity contribution in [2.75, 3.05) is 18.8 Å². The van der Waals surface area contributed by atoms with Gasteiger partial charge in [0.05, 0.1) is 11.3 Å². The van der Waals surface area contributed by atoms with E-state index in [1.165, 1.54) is 6.92 Å². The summed E-state index contributed by atoms with van der Waals surface area (Å²) in [5, 5.41) is 10.2. The second-order valence-corrected chi connectivity index (χ2v) is 8.45. The summed E-state index contributed by atoms with van der Waals surface area (Å²) in [7, 11) is 0. The van der Waals surface area contributed by atoms with E-state index in [9.17, 15) is 23.1 Å². The van der Waals surface area contributed by atoms with Gasteiger partial charge in [0.1, 0.15) is 11.6 Å². The number of rotatable bonds is 5. The maximum atomic E-state index is 13.0. The van der Waals surface area contributed by atoms with E-state index in [1.807, 2.05) is 32.6 Å². The van der Waals surface area contributed by atoms with Gasteiger partial charge in [-0.3, -0.25) is 9.79 Å². The third-order valence-electron chi connectivity index (χ3n) is 5.66. The highest BCUT2D eigenvalue weighted by Crippen LogP contribution is 2.38. The van der Waals surface area contributed by atoms with Crippen LogP contribution in [0, 0.1) is 12.8 Å². The first kappa shape index (κ1) is 27.1. The molecule has 1 aliphatic heterocycles. The van der Waals surface area contributed by atoms with Gasteiger partial charge in [-0.15, -0.1) is 0 Å². The van der Waals surface area contributed by atoms with Gasteiger partial charge >= 0.3 is 6.18 Å². The number of alkyl halides is 3. The summed E-state index contributed by atoms with van der Waals surface area (Å²) in [6.45, 7) is 12.4. The minimum absolute atomic E-state index is 0.134. The van der Waals surface area contributed by atoms with E-state index in [1.54, 1.807) is 19.1 Å². The van der Waals surface area contributed by atoms with Crippen molar-refractivity contribution in [3.05, 3.63) is 41.0 Å². The Balaban J connectivity index is 0.00000199. The molecule has 1 fully saturated rings.